The first kappa shape index (κ1) is 12.4. The topological polar surface area (TPSA) is 55.3 Å². The highest BCUT2D eigenvalue weighted by Gasteiger charge is 2.35. The summed E-state index contributed by atoms with van der Waals surface area (Å²) >= 11 is 0. The van der Waals surface area contributed by atoms with Crippen molar-refractivity contribution >= 4 is 5.69 Å². The molecule has 0 bridgehead atoms. The largest absolute Gasteiger partial charge is 0.367 e. The van der Waals surface area contributed by atoms with Crippen molar-refractivity contribution in [3.63, 3.8) is 0 Å². The predicted molar refractivity (Wildman–Crippen MR) is 73.1 cm³/mol. The van der Waals surface area contributed by atoms with Gasteiger partial charge in [-0.3, -0.25) is 0 Å². The van der Waals surface area contributed by atoms with Crippen LogP contribution in [0, 0.1) is 5.92 Å². The Morgan fingerprint density at radius 2 is 1.94 bits per heavy atom. The molecule has 1 fully saturated rings. The minimum atomic E-state index is 0.186. The molecule has 0 radical (unpaired) electrons. The lowest BCUT2D eigenvalue weighted by Crippen LogP contribution is -2.40. The fourth-order valence-electron chi connectivity index (χ4n) is 2.64. The molecule has 1 heterocycles. The van der Waals surface area contributed by atoms with E-state index in [-0.39, 0.29) is 6.04 Å². The molecule has 1 saturated heterocycles. The van der Waals surface area contributed by atoms with Crippen LogP contribution in [0.3, 0.4) is 0 Å². The maximum Gasteiger partial charge on any atom is 0.0416 e. The molecule has 4 N–H and O–H groups in total. The molecule has 1 aromatic carbocycles. The molecule has 1 aliphatic heterocycles. The van der Waals surface area contributed by atoms with E-state index in [0.29, 0.717) is 18.5 Å². The summed E-state index contributed by atoms with van der Waals surface area (Å²) in [4.78, 5) is 2.38. The van der Waals surface area contributed by atoms with Crippen LogP contribution in [0.4, 0.5) is 5.69 Å². The van der Waals surface area contributed by atoms with Crippen LogP contribution in [-0.4, -0.2) is 25.2 Å². The van der Waals surface area contributed by atoms with Gasteiger partial charge in [0.05, 0.1) is 0 Å². The van der Waals surface area contributed by atoms with Crippen LogP contribution in [0.2, 0.25) is 0 Å². The maximum atomic E-state index is 6.20. The molecule has 94 valence electrons. The lowest BCUT2D eigenvalue weighted by Gasteiger charge is -2.25. The van der Waals surface area contributed by atoms with Crippen molar-refractivity contribution < 1.29 is 0 Å². The number of benzene rings is 1. The van der Waals surface area contributed by atoms with Crippen molar-refractivity contribution in [1.29, 1.82) is 0 Å². The first-order chi connectivity index (χ1) is 8.17. The molecule has 0 aliphatic carbocycles. The Kier molecular flexibility index (Phi) is 3.69. The van der Waals surface area contributed by atoms with E-state index in [4.69, 9.17) is 11.5 Å². The Hall–Kier alpha value is -1.06. The quantitative estimate of drug-likeness (QED) is 0.829. The zero-order valence-electron chi connectivity index (χ0n) is 10.8. The summed E-state index contributed by atoms with van der Waals surface area (Å²) in [6.45, 7) is 6.02. The third-order valence-corrected chi connectivity index (χ3v) is 4.00. The van der Waals surface area contributed by atoms with Crippen molar-refractivity contribution in [2.45, 2.75) is 32.4 Å². The van der Waals surface area contributed by atoms with Crippen LogP contribution in [0.25, 0.3) is 0 Å². The molecular formula is C14H23N3. The molecule has 3 heteroatoms. The van der Waals surface area contributed by atoms with E-state index in [1.165, 1.54) is 11.3 Å². The van der Waals surface area contributed by atoms with Gasteiger partial charge in [-0.15, -0.1) is 0 Å². The smallest absolute Gasteiger partial charge is 0.0416 e. The van der Waals surface area contributed by atoms with Gasteiger partial charge in [-0.2, -0.15) is 0 Å². The summed E-state index contributed by atoms with van der Waals surface area (Å²) < 4.78 is 0. The highest BCUT2D eigenvalue weighted by Crippen LogP contribution is 2.28. The first-order valence-electron chi connectivity index (χ1n) is 6.48. The van der Waals surface area contributed by atoms with Gasteiger partial charge in [0.15, 0.2) is 0 Å². The molecular weight excluding hydrogens is 210 g/mol. The highest BCUT2D eigenvalue weighted by atomic mass is 15.2. The number of nitrogens with two attached hydrogens (primary N) is 2. The Balaban J connectivity index is 2.16. The van der Waals surface area contributed by atoms with Crippen LogP contribution in [-0.2, 0) is 6.42 Å². The molecule has 0 amide bonds. The Morgan fingerprint density at radius 1 is 1.29 bits per heavy atom. The van der Waals surface area contributed by atoms with Crippen LogP contribution in [0.5, 0.6) is 0 Å². The molecule has 2 rings (SSSR count). The fourth-order valence-corrected chi connectivity index (χ4v) is 2.64. The van der Waals surface area contributed by atoms with E-state index in [1.54, 1.807) is 0 Å². The number of nitrogens with zero attached hydrogens (tertiary/aromatic N) is 1. The van der Waals surface area contributed by atoms with Crippen LogP contribution in [0.15, 0.2) is 24.3 Å². The van der Waals surface area contributed by atoms with Gasteiger partial charge < -0.3 is 16.4 Å². The van der Waals surface area contributed by atoms with E-state index < -0.39 is 0 Å². The number of hydrogen-bond donors (Lipinski definition) is 2. The summed E-state index contributed by atoms with van der Waals surface area (Å²) in [6.07, 6.45) is 1.08. The second-order valence-electron chi connectivity index (χ2n) is 4.99. The monoisotopic (exact) mass is 233 g/mol. The van der Waals surface area contributed by atoms with Gasteiger partial charge in [-0.25, -0.2) is 0 Å². The lowest BCUT2D eigenvalue weighted by molar-refractivity contribution is 0.490. The molecule has 0 spiro atoms. The Labute approximate surface area is 104 Å². The summed E-state index contributed by atoms with van der Waals surface area (Å²) in [6, 6.07) is 9.34. The zero-order chi connectivity index (χ0) is 12.4. The Morgan fingerprint density at radius 3 is 2.41 bits per heavy atom. The molecule has 0 saturated carbocycles. The number of hydrogen-bond acceptors (Lipinski definition) is 3. The number of rotatable bonds is 3. The molecule has 3 unspecified atom stereocenters. The van der Waals surface area contributed by atoms with Gasteiger partial charge >= 0.3 is 0 Å². The summed E-state index contributed by atoms with van der Waals surface area (Å²) in [7, 11) is 0. The van der Waals surface area contributed by atoms with E-state index in [2.05, 4.69) is 43.0 Å². The standard InChI is InChI=1S/C14H23N3/c1-3-11-4-6-13(7-5-11)17-9-12(8-15)14(16)10(17)2/h4-7,10,12,14H,3,8-9,15-16H2,1-2H3. The summed E-state index contributed by atoms with van der Waals surface area (Å²) in [5.74, 6) is 0.413. The molecule has 1 aliphatic rings. The lowest BCUT2D eigenvalue weighted by atomic mass is 10.0. The Bertz CT molecular complexity index is 360. The van der Waals surface area contributed by atoms with E-state index >= 15 is 0 Å². The number of aryl methyl sites for hydroxylation is 1. The van der Waals surface area contributed by atoms with Crippen molar-refractivity contribution in [3.8, 4) is 0 Å². The third kappa shape index (κ3) is 2.31. The second-order valence-corrected chi connectivity index (χ2v) is 4.99. The number of anilines is 1. The SMILES string of the molecule is CCc1ccc(N2CC(CN)C(N)C2C)cc1. The highest BCUT2D eigenvalue weighted by molar-refractivity contribution is 5.50. The van der Waals surface area contributed by atoms with Crippen LogP contribution < -0.4 is 16.4 Å². The van der Waals surface area contributed by atoms with Gasteiger partial charge in [-0.05, 0) is 37.6 Å². The second kappa shape index (κ2) is 5.07. The predicted octanol–water partition coefficient (Wildman–Crippen LogP) is 1.36. The van der Waals surface area contributed by atoms with Crippen LogP contribution >= 0.6 is 0 Å². The van der Waals surface area contributed by atoms with Crippen molar-refractivity contribution in [2.24, 2.45) is 17.4 Å². The van der Waals surface area contributed by atoms with E-state index in [1.807, 2.05) is 0 Å². The van der Waals surface area contributed by atoms with Crippen molar-refractivity contribution in [1.82, 2.24) is 0 Å². The van der Waals surface area contributed by atoms with E-state index in [0.717, 1.165) is 13.0 Å². The van der Waals surface area contributed by atoms with Gasteiger partial charge in [0, 0.05) is 30.2 Å². The average molecular weight is 233 g/mol. The molecule has 1 aromatic rings. The molecule has 3 nitrogen and oxygen atoms in total. The molecule has 0 aromatic heterocycles. The van der Waals surface area contributed by atoms with Gasteiger partial charge in [0.25, 0.3) is 0 Å². The minimum Gasteiger partial charge on any atom is -0.367 e. The van der Waals surface area contributed by atoms with Gasteiger partial charge in [0.2, 0.25) is 0 Å². The van der Waals surface area contributed by atoms with Crippen LogP contribution in [0.1, 0.15) is 19.4 Å². The normalized spacial score (nSPS) is 28.7. The maximum absolute atomic E-state index is 6.20. The molecule has 17 heavy (non-hydrogen) atoms. The fraction of sp³-hybridized carbons (Fsp3) is 0.571. The molecule has 3 atom stereocenters. The van der Waals surface area contributed by atoms with Crippen molar-refractivity contribution in [3.05, 3.63) is 29.8 Å². The van der Waals surface area contributed by atoms with E-state index in [9.17, 15) is 0 Å². The van der Waals surface area contributed by atoms with Gasteiger partial charge in [-0.1, -0.05) is 19.1 Å². The zero-order valence-corrected chi connectivity index (χ0v) is 10.8. The van der Waals surface area contributed by atoms with Crippen molar-refractivity contribution in [2.75, 3.05) is 18.0 Å². The third-order valence-electron chi connectivity index (χ3n) is 4.00. The summed E-state index contributed by atoms with van der Waals surface area (Å²) in [5, 5.41) is 0. The summed E-state index contributed by atoms with van der Waals surface area (Å²) in [5.41, 5.74) is 14.6. The first-order valence-corrected chi connectivity index (χ1v) is 6.48. The van der Waals surface area contributed by atoms with Gasteiger partial charge in [0.1, 0.15) is 0 Å². The average Bonchev–Trinajstić information content (AvgIpc) is 2.66. The minimum absolute atomic E-state index is 0.186.